The van der Waals surface area contributed by atoms with Crippen LogP contribution in [0.3, 0.4) is 0 Å². The first kappa shape index (κ1) is 16.0. The Morgan fingerprint density at radius 2 is 2.05 bits per heavy atom. The fraction of sp³-hybridized carbons (Fsp3) is 0.167. The number of methoxy groups -OCH3 is 1. The van der Waals surface area contributed by atoms with Crippen LogP contribution in [0.5, 0.6) is 0 Å². The molecule has 0 bridgehead atoms. The molecule has 116 valence electrons. The Balaban J connectivity index is 2.81. The van der Waals surface area contributed by atoms with Crippen LogP contribution in [0, 0.1) is 10.8 Å². The Bertz CT molecular complexity index is 845. The van der Waals surface area contributed by atoms with Crippen molar-refractivity contribution in [1.29, 1.82) is 10.8 Å². The van der Waals surface area contributed by atoms with Crippen LogP contribution in [0.15, 0.2) is 18.2 Å². The molecule has 0 aliphatic rings. The lowest BCUT2D eigenvalue weighted by Crippen LogP contribution is -2.37. The molecular weight excluding hydrogens is 325 g/mol. The highest BCUT2D eigenvalue weighted by atomic mass is 35.5. The molecule has 0 fully saturated rings. The van der Waals surface area contributed by atoms with E-state index in [-0.39, 0.29) is 16.6 Å². The number of esters is 1. The maximum Gasteiger partial charge on any atom is 0.449 e. The molecule has 2 rings (SSSR count). The number of carbonyl (C=O) groups excluding carboxylic acids is 1. The van der Waals surface area contributed by atoms with Gasteiger partial charge >= 0.3 is 12.1 Å². The number of nitrogens with one attached hydrogen (secondary N) is 2. The van der Waals surface area contributed by atoms with E-state index in [1.807, 2.05) is 0 Å². The molecule has 0 spiro atoms. The van der Waals surface area contributed by atoms with Crippen molar-refractivity contribution in [1.82, 2.24) is 9.55 Å². The van der Waals surface area contributed by atoms with Gasteiger partial charge in [0.25, 0.3) is 0 Å². The first-order valence-electron chi connectivity index (χ1n) is 5.68. The number of halogens is 4. The number of fused-ring (bicyclic) bond motifs is 1. The number of rotatable bonds is 1. The van der Waals surface area contributed by atoms with E-state index in [1.165, 1.54) is 12.1 Å². The summed E-state index contributed by atoms with van der Waals surface area (Å²) in [7, 11) is 1.15. The van der Waals surface area contributed by atoms with Crippen molar-refractivity contribution >= 4 is 34.4 Å². The lowest BCUT2D eigenvalue weighted by molar-refractivity contribution is -0.0624. The van der Waals surface area contributed by atoms with Crippen LogP contribution in [-0.4, -0.2) is 34.6 Å². The van der Waals surface area contributed by atoms with Crippen molar-refractivity contribution in [3.05, 3.63) is 34.4 Å². The summed E-state index contributed by atoms with van der Waals surface area (Å²) in [4.78, 5) is 15.2. The van der Waals surface area contributed by atoms with Crippen LogP contribution >= 0.6 is 11.6 Å². The largest absolute Gasteiger partial charge is 0.465 e. The summed E-state index contributed by atoms with van der Waals surface area (Å²) in [5.41, 5.74) is -0.967. The number of aromatic nitrogens is 2. The van der Waals surface area contributed by atoms with Gasteiger partial charge in [-0.05, 0) is 18.2 Å². The van der Waals surface area contributed by atoms with Gasteiger partial charge < -0.3 is 4.74 Å². The van der Waals surface area contributed by atoms with E-state index in [9.17, 15) is 18.0 Å². The van der Waals surface area contributed by atoms with Gasteiger partial charge in [0.15, 0.2) is 10.6 Å². The molecule has 10 heteroatoms. The third-order valence-electron chi connectivity index (χ3n) is 2.77. The monoisotopic (exact) mass is 332 g/mol. The van der Waals surface area contributed by atoms with Crippen LogP contribution in [0.25, 0.3) is 11.0 Å². The number of hydrogen-bond acceptors (Lipinski definition) is 5. The first-order valence-corrected chi connectivity index (χ1v) is 6.06. The van der Waals surface area contributed by atoms with E-state index < -0.39 is 28.6 Å². The minimum absolute atomic E-state index is 0.0568. The van der Waals surface area contributed by atoms with E-state index in [4.69, 9.17) is 22.4 Å². The van der Waals surface area contributed by atoms with Crippen LogP contribution in [0.4, 0.5) is 13.2 Å². The molecule has 0 amide bonds. The second-order valence-corrected chi connectivity index (χ2v) is 4.49. The third-order valence-corrected chi connectivity index (χ3v) is 3.03. The lowest BCUT2D eigenvalue weighted by Gasteiger charge is -2.15. The highest BCUT2D eigenvalue weighted by molar-refractivity contribution is 6.29. The molecule has 0 atom stereocenters. The maximum atomic E-state index is 12.8. The van der Waals surface area contributed by atoms with Gasteiger partial charge in [-0.1, -0.05) is 11.6 Å². The fourth-order valence-corrected chi connectivity index (χ4v) is 1.95. The number of ether oxygens (including phenoxy) is 1. The standard InChI is InChI=1S/C12H8ClF3N4O2/c1-22-10(21)5-2-3-7-6(4-5)19-8(13)9(17)20(7)11(18)12(14,15)16/h2-4,17-18H,1H3. The van der Waals surface area contributed by atoms with Crippen molar-refractivity contribution in [3.63, 3.8) is 0 Å². The zero-order chi connectivity index (χ0) is 16.7. The molecule has 0 saturated carbocycles. The molecule has 0 aliphatic heterocycles. The molecule has 6 nitrogen and oxygen atoms in total. The van der Waals surface area contributed by atoms with E-state index in [2.05, 4.69) is 9.72 Å². The molecule has 1 heterocycles. The summed E-state index contributed by atoms with van der Waals surface area (Å²) < 4.78 is 43.1. The Hall–Kier alpha value is -2.42. The number of carbonyl (C=O) groups is 1. The Morgan fingerprint density at radius 3 is 2.59 bits per heavy atom. The normalized spacial score (nSPS) is 11.5. The molecule has 1 aromatic heterocycles. The average molecular weight is 333 g/mol. The number of benzene rings is 1. The summed E-state index contributed by atoms with van der Waals surface area (Å²) in [6.07, 6.45) is -4.97. The zero-order valence-electron chi connectivity index (χ0n) is 11.0. The number of hydrogen-bond donors (Lipinski definition) is 2. The van der Waals surface area contributed by atoms with Gasteiger partial charge in [0.05, 0.1) is 23.7 Å². The second kappa shape index (κ2) is 5.41. The van der Waals surface area contributed by atoms with Crippen molar-refractivity contribution in [2.45, 2.75) is 6.18 Å². The smallest absolute Gasteiger partial charge is 0.449 e. The van der Waals surface area contributed by atoms with Gasteiger partial charge in [-0.25, -0.2) is 9.78 Å². The Kier molecular flexibility index (Phi) is 3.92. The van der Waals surface area contributed by atoms with Crippen LogP contribution < -0.4 is 5.49 Å². The van der Waals surface area contributed by atoms with E-state index in [1.54, 1.807) is 0 Å². The van der Waals surface area contributed by atoms with E-state index in [0.29, 0.717) is 4.57 Å². The quantitative estimate of drug-likeness (QED) is 0.477. The summed E-state index contributed by atoms with van der Waals surface area (Å²) in [6, 6.07) is 3.53. The summed E-state index contributed by atoms with van der Waals surface area (Å²) in [6.45, 7) is 0. The van der Waals surface area contributed by atoms with Gasteiger partial charge in [0, 0.05) is 0 Å². The maximum absolute atomic E-state index is 12.8. The topological polar surface area (TPSA) is 91.8 Å². The van der Waals surface area contributed by atoms with Crippen LogP contribution in [0.1, 0.15) is 10.4 Å². The highest BCUT2D eigenvalue weighted by Gasteiger charge is 2.37. The molecule has 0 radical (unpaired) electrons. The van der Waals surface area contributed by atoms with Crippen molar-refractivity contribution in [2.75, 3.05) is 7.11 Å². The summed E-state index contributed by atoms with van der Waals surface area (Å²) in [5, 5.41) is 14.3. The van der Waals surface area contributed by atoms with Gasteiger partial charge in [-0.3, -0.25) is 15.4 Å². The van der Waals surface area contributed by atoms with Gasteiger partial charge in [-0.2, -0.15) is 13.2 Å². The van der Waals surface area contributed by atoms with Crippen LogP contribution in [-0.2, 0) is 4.74 Å². The number of alkyl halides is 3. The molecule has 2 N–H and O–H groups in total. The first-order chi connectivity index (χ1) is 10.2. The minimum Gasteiger partial charge on any atom is -0.465 e. The van der Waals surface area contributed by atoms with Crippen molar-refractivity contribution < 1.29 is 22.7 Å². The SMILES string of the molecule is COC(=O)c1ccc2c(c1)nc(Cl)c(=N)n2C(=N)C(F)(F)F. The molecule has 0 saturated heterocycles. The fourth-order valence-electron chi connectivity index (χ4n) is 1.78. The lowest BCUT2D eigenvalue weighted by atomic mass is 10.2. The van der Waals surface area contributed by atoms with Crippen LogP contribution in [0.2, 0.25) is 5.15 Å². The van der Waals surface area contributed by atoms with E-state index >= 15 is 0 Å². The van der Waals surface area contributed by atoms with E-state index in [0.717, 1.165) is 13.2 Å². The number of nitrogens with zero attached hydrogens (tertiary/aromatic N) is 2. The summed E-state index contributed by atoms with van der Waals surface area (Å²) >= 11 is 5.65. The Morgan fingerprint density at radius 1 is 1.41 bits per heavy atom. The van der Waals surface area contributed by atoms with Gasteiger partial charge in [0.2, 0.25) is 5.84 Å². The Labute approximate surface area is 126 Å². The van der Waals surface area contributed by atoms with Gasteiger partial charge in [0.1, 0.15) is 0 Å². The van der Waals surface area contributed by atoms with Gasteiger partial charge in [-0.15, -0.1) is 0 Å². The molecule has 0 aliphatic carbocycles. The average Bonchev–Trinajstić information content (AvgIpc) is 2.45. The molecule has 0 unspecified atom stereocenters. The molecule has 2 aromatic rings. The van der Waals surface area contributed by atoms with Crippen molar-refractivity contribution in [2.24, 2.45) is 0 Å². The zero-order valence-corrected chi connectivity index (χ0v) is 11.7. The molecular formula is C12H8ClF3N4O2. The summed E-state index contributed by atoms with van der Waals surface area (Å²) in [5.74, 6) is -2.48. The molecule has 1 aromatic carbocycles. The highest BCUT2D eigenvalue weighted by Crippen LogP contribution is 2.21. The second-order valence-electron chi connectivity index (χ2n) is 4.13. The predicted molar refractivity (Wildman–Crippen MR) is 71.1 cm³/mol. The molecule has 22 heavy (non-hydrogen) atoms. The minimum atomic E-state index is -4.97. The third kappa shape index (κ3) is 2.67. The van der Waals surface area contributed by atoms with Crippen molar-refractivity contribution in [3.8, 4) is 0 Å². The predicted octanol–water partition coefficient (Wildman–Crippen LogP) is 2.34.